The average molecular weight is 330 g/mol. The zero-order valence-corrected chi connectivity index (χ0v) is 14.5. The van der Waals surface area contributed by atoms with Crippen molar-refractivity contribution < 1.29 is 14.7 Å². The third kappa shape index (κ3) is 3.05. The van der Waals surface area contributed by atoms with Gasteiger partial charge in [0.15, 0.2) is 0 Å². The molecule has 2 saturated heterocycles. The summed E-state index contributed by atoms with van der Waals surface area (Å²) in [4.78, 5) is 27.6. The number of nitrogens with zero attached hydrogens (tertiary/aromatic N) is 2. The fourth-order valence-corrected chi connectivity index (χ4v) is 4.56. The van der Waals surface area contributed by atoms with Crippen molar-refractivity contribution >= 4 is 11.9 Å². The molecule has 3 rings (SSSR count). The van der Waals surface area contributed by atoms with Crippen molar-refractivity contribution in [2.75, 3.05) is 13.1 Å². The third-order valence-corrected chi connectivity index (χ3v) is 5.73. The maximum atomic E-state index is 12.1. The molecule has 0 unspecified atom stereocenters. The van der Waals surface area contributed by atoms with E-state index in [2.05, 4.69) is 16.7 Å². The molecule has 1 aromatic rings. The van der Waals surface area contributed by atoms with Gasteiger partial charge in [-0.05, 0) is 56.8 Å². The molecule has 0 aliphatic carbocycles. The van der Waals surface area contributed by atoms with Crippen LogP contribution in [0.25, 0.3) is 0 Å². The third-order valence-electron chi connectivity index (χ3n) is 5.73. The molecule has 5 heteroatoms. The van der Waals surface area contributed by atoms with Crippen molar-refractivity contribution in [2.45, 2.75) is 57.7 Å². The Balaban J connectivity index is 1.78. The van der Waals surface area contributed by atoms with Crippen molar-refractivity contribution in [3.05, 3.63) is 35.4 Å². The van der Waals surface area contributed by atoms with Crippen LogP contribution in [0.3, 0.4) is 0 Å². The molecule has 0 radical (unpaired) electrons. The second kappa shape index (κ2) is 6.55. The zero-order chi connectivity index (χ0) is 17.3. The second-order valence-electron chi connectivity index (χ2n) is 7.26. The SMILES string of the molecule is CC(=O)N1CCC[C@H]2N(Cc3ccc(C(=O)O)cc3)CCC[C@@]21C. The van der Waals surface area contributed by atoms with Gasteiger partial charge in [-0.2, -0.15) is 0 Å². The highest BCUT2D eigenvalue weighted by Crippen LogP contribution is 2.39. The number of benzene rings is 1. The van der Waals surface area contributed by atoms with Crippen LogP contribution in [0.15, 0.2) is 24.3 Å². The van der Waals surface area contributed by atoms with Gasteiger partial charge in [0.2, 0.25) is 5.91 Å². The van der Waals surface area contributed by atoms with Gasteiger partial charge in [-0.3, -0.25) is 9.69 Å². The first-order chi connectivity index (χ1) is 11.4. The molecule has 1 amide bonds. The van der Waals surface area contributed by atoms with Gasteiger partial charge in [-0.1, -0.05) is 12.1 Å². The molecule has 0 saturated carbocycles. The second-order valence-corrected chi connectivity index (χ2v) is 7.26. The Hall–Kier alpha value is -1.88. The van der Waals surface area contributed by atoms with Crippen molar-refractivity contribution in [3.63, 3.8) is 0 Å². The van der Waals surface area contributed by atoms with E-state index in [0.717, 1.165) is 50.9 Å². The highest BCUT2D eigenvalue weighted by molar-refractivity contribution is 5.87. The van der Waals surface area contributed by atoms with Crippen LogP contribution in [-0.4, -0.2) is 51.5 Å². The fraction of sp³-hybridized carbons (Fsp3) is 0.579. The summed E-state index contributed by atoms with van der Waals surface area (Å²) < 4.78 is 0. The molecule has 130 valence electrons. The van der Waals surface area contributed by atoms with Gasteiger partial charge in [0.25, 0.3) is 0 Å². The summed E-state index contributed by atoms with van der Waals surface area (Å²) in [6.45, 7) is 6.62. The lowest BCUT2D eigenvalue weighted by Gasteiger charge is -2.56. The highest BCUT2D eigenvalue weighted by Gasteiger charge is 2.47. The lowest BCUT2D eigenvalue weighted by atomic mass is 9.76. The summed E-state index contributed by atoms with van der Waals surface area (Å²) in [5.74, 6) is -0.716. The Labute approximate surface area is 143 Å². The van der Waals surface area contributed by atoms with Crippen LogP contribution >= 0.6 is 0 Å². The van der Waals surface area contributed by atoms with Gasteiger partial charge in [-0.25, -0.2) is 4.79 Å². The number of carbonyl (C=O) groups is 2. The summed E-state index contributed by atoms with van der Waals surface area (Å²) >= 11 is 0. The lowest BCUT2D eigenvalue weighted by Crippen LogP contribution is -2.66. The van der Waals surface area contributed by atoms with Crippen LogP contribution in [0, 0.1) is 0 Å². The van der Waals surface area contributed by atoms with E-state index in [-0.39, 0.29) is 11.4 Å². The molecule has 2 aliphatic rings. The van der Waals surface area contributed by atoms with E-state index in [0.29, 0.717) is 11.6 Å². The average Bonchev–Trinajstić information content (AvgIpc) is 2.54. The first kappa shape index (κ1) is 17.0. The Bertz CT molecular complexity index is 628. The van der Waals surface area contributed by atoms with Crippen molar-refractivity contribution in [2.24, 2.45) is 0 Å². The minimum Gasteiger partial charge on any atom is -0.478 e. The van der Waals surface area contributed by atoms with Gasteiger partial charge >= 0.3 is 5.97 Å². The molecule has 5 nitrogen and oxygen atoms in total. The number of aromatic carboxylic acids is 1. The topological polar surface area (TPSA) is 60.9 Å². The first-order valence-corrected chi connectivity index (χ1v) is 8.76. The molecular weight excluding hydrogens is 304 g/mol. The molecule has 2 heterocycles. The van der Waals surface area contributed by atoms with E-state index in [4.69, 9.17) is 5.11 Å². The van der Waals surface area contributed by atoms with Crippen LogP contribution in [0.5, 0.6) is 0 Å². The van der Waals surface area contributed by atoms with Crippen molar-refractivity contribution in [1.29, 1.82) is 0 Å². The molecule has 1 aromatic carbocycles. The molecule has 0 aromatic heterocycles. The lowest BCUT2D eigenvalue weighted by molar-refractivity contribution is -0.145. The smallest absolute Gasteiger partial charge is 0.335 e. The zero-order valence-electron chi connectivity index (χ0n) is 14.5. The number of carboxylic acids is 1. The molecule has 0 bridgehead atoms. The van der Waals surface area contributed by atoms with E-state index in [1.165, 1.54) is 0 Å². The van der Waals surface area contributed by atoms with E-state index in [1.807, 2.05) is 12.1 Å². The van der Waals surface area contributed by atoms with Crippen LogP contribution in [-0.2, 0) is 11.3 Å². The molecule has 2 aliphatic heterocycles. The Morgan fingerprint density at radius 3 is 2.54 bits per heavy atom. The number of hydrogen-bond donors (Lipinski definition) is 1. The van der Waals surface area contributed by atoms with Crippen LogP contribution in [0.1, 0.15) is 55.5 Å². The fourth-order valence-electron chi connectivity index (χ4n) is 4.56. The number of rotatable bonds is 3. The van der Waals surface area contributed by atoms with Crippen LogP contribution in [0.2, 0.25) is 0 Å². The number of amides is 1. The number of piperidine rings is 2. The number of likely N-dealkylation sites (tertiary alicyclic amines) is 2. The number of carbonyl (C=O) groups excluding carboxylic acids is 1. The number of hydrogen-bond acceptors (Lipinski definition) is 3. The van der Waals surface area contributed by atoms with Gasteiger partial charge in [0.05, 0.1) is 11.1 Å². The Kier molecular flexibility index (Phi) is 4.63. The minimum atomic E-state index is -0.892. The van der Waals surface area contributed by atoms with Crippen LogP contribution in [0.4, 0.5) is 0 Å². The van der Waals surface area contributed by atoms with Crippen molar-refractivity contribution in [3.8, 4) is 0 Å². The first-order valence-electron chi connectivity index (χ1n) is 8.76. The van der Waals surface area contributed by atoms with Gasteiger partial charge < -0.3 is 10.0 Å². The van der Waals surface area contributed by atoms with E-state index in [9.17, 15) is 9.59 Å². The number of fused-ring (bicyclic) bond motifs is 1. The maximum absolute atomic E-state index is 12.1. The van der Waals surface area contributed by atoms with Gasteiger partial charge in [0.1, 0.15) is 0 Å². The Morgan fingerprint density at radius 2 is 1.92 bits per heavy atom. The predicted molar refractivity (Wildman–Crippen MR) is 91.9 cm³/mol. The highest BCUT2D eigenvalue weighted by atomic mass is 16.4. The Morgan fingerprint density at radius 1 is 1.21 bits per heavy atom. The van der Waals surface area contributed by atoms with E-state index < -0.39 is 5.97 Å². The summed E-state index contributed by atoms with van der Waals surface area (Å²) in [5.41, 5.74) is 1.37. The molecular formula is C19H26N2O3. The van der Waals surface area contributed by atoms with E-state index >= 15 is 0 Å². The normalized spacial score (nSPS) is 27.6. The standard InChI is InChI=1S/C19H26N2O3/c1-14(22)21-12-3-5-17-19(21,2)10-4-11-20(17)13-15-6-8-16(9-7-15)18(23)24/h6-9,17H,3-5,10-13H2,1-2H3,(H,23,24)/t17-,19+/m1/s1. The molecule has 2 atom stereocenters. The van der Waals surface area contributed by atoms with Gasteiger partial charge in [-0.15, -0.1) is 0 Å². The number of carboxylic acid groups (broad SMARTS) is 1. The van der Waals surface area contributed by atoms with Crippen molar-refractivity contribution in [1.82, 2.24) is 9.80 Å². The minimum absolute atomic E-state index is 0.0800. The quantitative estimate of drug-likeness (QED) is 0.926. The predicted octanol–water partition coefficient (Wildman–Crippen LogP) is 2.75. The maximum Gasteiger partial charge on any atom is 0.335 e. The summed E-state index contributed by atoms with van der Waals surface area (Å²) in [6.07, 6.45) is 4.32. The van der Waals surface area contributed by atoms with Crippen LogP contribution < -0.4 is 0 Å². The molecule has 24 heavy (non-hydrogen) atoms. The van der Waals surface area contributed by atoms with Gasteiger partial charge in [0, 0.05) is 26.1 Å². The molecule has 2 fully saturated rings. The summed E-state index contributed by atoms with van der Waals surface area (Å²) in [7, 11) is 0. The van der Waals surface area contributed by atoms with E-state index in [1.54, 1.807) is 19.1 Å². The molecule has 1 N–H and O–H groups in total. The summed E-state index contributed by atoms with van der Waals surface area (Å²) in [6, 6.07) is 7.53. The summed E-state index contributed by atoms with van der Waals surface area (Å²) in [5, 5.41) is 9.02. The largest absolute Gasteiger partial charge is 0.478 e. The molecule has 0 spiro atoms. The monoisotopic (exact) mass is 330 g/mol.